The maximum absolute atomic E-state index is 12.3. The molecule has 1 amide bonds. The zero-order chi connectivity index (χ0) is 16.4. The Morgan fingerprint density at radius 1 is 1.48 bits per heavy atom. The number of nitrogens with one attached hydrogen (secondary N) is 1. The monoisotopic (exact) mass is 333 g/mol. The topological polar surface area (TPSA) is 65.4 Å². The minimum atomic E-state index is -0.00670. The maximum Gasteiger partial charge on any atom is 0.226 e. The van der Waals surface area contributed by atoms with Crippen molar-refractivity contribution in [2.75, 3.05) is 25.0 Å². The van der Waals surface area contributed by atoms with Gasteiger partial charge in [-0.25, -0.2) is 0 Å². The summed E-state index contributed by atoms with van der Waals surface area (Å²) in [4.78, 5) is 15.8. The van der Waals surface area contributed by atoms with E-state index in [1.165, 1.54) is 4.88 Å². The van der Waals surface area contributed by atoms with Crippen LogP contribution in [-0.4, -0.2) is 42.6 Å². The lowest BCUT2D eigenvalue weighted by molar-refractivity contribution is -0.117. The molecule has 1 N–H and O–H groups in total. The molecule has 2 heterocycles. The van der Waals surface area contributed by atoms with E-state index in [1.54, 1.807) is 11.3 Å². The number of carbonyl (C=O) groups excluding carboxylic acids is 1. The Labute approximate surface area is 141 Å². The van der Waals surface area contributed by atoms with Gasteiger partial charge in [0.15, 0.2) is 0 Å². The van der Waals surface area contributed by atoms with Gasteiger partial charge >= 0.3 is 0 Å². The van der Waals surface area contributed by atoms with E-state index in [2.05, 4.69) is 30.1 Å². The van der Waals surface area contributed by atoms with Gasteiger partial charge in [0, 0.05) is 30.4 Å². The SMILES string of the molecule is CC1CN(CCC(=O)Nc2sc3c(c2C#N)CCC3)C(C)CO1. The predicted octanol–water partition coefficient (Wildman–Crippen LogP) is 2.55. The molecule has 1 fully saturated rings. The second-order valence-corrected chi connectivity index (χ2v) is 7.56. The van der Waals surface area contributed by atoms with Gasteiger partial charge in [-0.3, -0.25) is 9.69 Å². The largest absolute Gasteiger partial charge is 0.376 e. The molecule has 1 aromatic rings. The fourth-order valence-corrected chi connectivity index (χ4v) is 4.58. The standard InChI is InChI=1S/C17H23N3O2S/c1-11-10-22-12(2)9-20(11)7-6-16(21)19-17-14(8-18)13-4-3-5-15(13)23-17/h11-12H,3-7,9-10H2,1-2H3,(H,19,21). The van der Waals surface area contributed by atoms with Crippen LogP contribution in [0.1, 0.15) is 42.7 Å². The Morgan fingerprint density at radius 3 is 3.09 bits per heavy atom. The highest BCUT2D eigenvalue weighted by Crippen LogP contribution is 2.38. The van der Waals surface area contributed by atoms with Gasteiger partial charge in [0.1, 0.15) is 11.1 Å². The highest BCUT2D eigenvalue weighted by Gasteiger charge is 2.25. The number of nitrogens with zero attached hydrogens (tertiary/aromatic N) is 2. The zero-order valence-electron chi connectivity index (χ0n) is 13.7. The molecule has 0 bridgehead atoms. The summed E-state index contributed by atoms with van der Waals surface area (Å²) >= 11 is 1.58. The molecule has 23 heavy (non-hydrogen) atoms. The summed E-state index contributed by atoms with van der Waals surface area (Å²) in [7, 11) is 0. The maximum atomic E-state index is 12.3. The average Bonchev–Trinajstić information content (AvgIpc) is 3.08. The van der Waals surface area contributed by atoms with Crippen molar-refractivity contribution in [3.63, 3.8) is 0 Å². The number of hydrogen-bond acceptors (Lipinski definition) is 5. The van der Waals surface area contributed by atoms with Crippen LogP contribution in [0, 0.1) is 11.3 Å². The number of carbonyl (C=O) groups is 1. The van der Waals surface area contributed by atoms with Crippen molar-refractivity contribution in [2.45, 2.75) is 51.7 Å². The first-order valence-corrected chi connectivity index (χ1v) is 9.10. The van der Waals surface area contributed by atoms with E-state index in [0.29, 0.717) is 18.0 Å². The Balaban J connectivity index is 1.57. The molecule has 0 aromatic carbocycles. The lowest BCUT2D eigenvalue weighted by Crippen LogP contribution is -2.48. The van der Waals surface area contributed by atoms with Crippen molar-refractivity contribution in [2.24, 2.45) is 0 Å². The molecule has 2 unspecified atom stereocenters. The van der Waals surface area contributed by atoms with Crippen molar-refractivity contribution in [1.82, 2.24) is 4.90 Å². The first kappa shape index (κ1) is 16.4. The predicted molar refractivity (Wildman–Crippen MR) is 90.8 cm³/mol. The van der Waals surface area contributed by atoms with Crippen LogP contribution >= 0.6 is 11.3 Å². The van der Waals surface area contributed by atoms with Crippen LogP contribution in [0.2, 0.25) is 0 Å². The Kier molecular flexibility index (Phi) is 5.00. The molecule has 1 aliphatic heterocycles. The number of nitriles is 1. The minimum absolute atomic E-state index is 0.00670. The van der Waals surface area contributed by atoms with Crippen LogP contribution in [0.25, 0.3) is 0 Å². The van der Waals surface area contributed by atoms with E-state index < -0.39 is 0 Å². The number of rotatable bonds is 4. The van der Waals surface area contributed by atoms with E-state index in [4.69, 9.17) is 4.74 Å². The quantitative estimate of drug-likeness (QED) is 0.919. The molecule has 0 spiro atoms. The first-order chi connectivity index (χ1) is 11.1. The summed E-state index contributed by atoms with van der Waals surface area (Å²) in [6.07, 6.45) is 3.79. The number of fused-ring (bicyclic) bond motifs is 1. The third-order valence-electron chi connectivity index (χ3n) is 4.65. The van der Waals surface area contributed by atoms with Gasteiger partial charge in [-0.1, -0.05) is 0 Å². The van der Waals surface area contributed by atoms with E-state index in [-0.39, 0.29) is 12.0 Å². The van der Waals surface area contributed by atoms with Crippen molar-refractivity contribution in [1.29, 1.82) is 5.26 Å². The number of hydrogen-bond donors (Lipinski definition) is 1. The summed E-state index contributed by atoms with van der Waals surface area (Å²) < 4.78 is 5.61. The van der Waals surface area contributed by atoms with Crippen molar-refractivity contribution < 1.29 is 9.53 Å². The molecule has 6 heteroatoms. The van der Waals surface area contributed by atoms with E-state index in [9.17, 15) is 10.1 Å². The van der Waals surface area contributed by atoms with Gasteiger partial charge < -0.3 is 10.1 Å². The fraction of sp³-hybridized carbons (Fsp3) is 0.647. The summed E-state index contributed by atoms with van der Waals surface area (Å²) in [5.41, 5.74) is 1.84. The van der Waals surface area contributed by atoms with Gasteiger partial charge in [-0.2, -0.15) is 5.26 Å². The molecule has 0 saturated carbocycles. The van der Waals surface area contributed by atoms with Gasteiger partial charge in [-0.05, 0) is 38.7 Å². The second kappa shape index (κ2) is 7.00. The number of amides is 1. The molecule has 1 aromatic heterocycles. The number of thiophene rings is 1. The van der Waals surface area contributed by atoms with Crippen LogP contribution in [0.4, 0.5) is 5.00 Å². The Bertz CT molecular complexity index is 635. The highest BCUT2D eigenvalue weighted by molar-refractivity contribution is 7.16. The first-order valence-electron chi connectivity index (χ1n) is 8.28. The van der Waals surface area contributed by atoms with Gasteiger partial charge in [0.05, 0.1) is 18.3 Å². The molecule has 1 saturated heterocycles. The van der Waals surface area contributed by atoms with Crippen molar-refractivity contribution in [3.8, 4) is 6.07 Å². The van der Waals surface area contributed by atoms with Crippen molar-refractivity contribution in [3.05, 3.63) is 16.0 Å². The van der Waals surface area contributed by atoms with E-state index in [1.807, 2.05) is 0 Å². The number of ether oxygens (including phenoxy) is 1. The molecule has 0 radical (unpaired) electrons. The van der Waals surface area contributed by atoms with Crippen LogP contribution in [0.3, 0.4) is 0 Å². The minimum Gasteiger partial charge on any atom is -0.376 e. The van der Waals surface area contributed by atoms with Gasteiger partial charge in [-0.15, -0.1) is 11.3 Å². The van der Waals surface area contributed by atoms with Crippen LogP contribution in [0.5, 0.6) is 0 Å². The molecular weight excluding hydrogens is 310 g/mol. The smallest absolute Gasteiger partial charge is 0.226 e. The molecular formula is C17H23N3O2S. The molecule has 2 atom stereocenters. The zero-order valence-corrected chi connectivity index (χ0v) is 14.5. The summed E-state index contributed by atoms with van der Waals surface area (Å²) in [5.74, 6) is -0.00670. The second-order valence-electron chi connectivity index (χ2n) is 6.46. The molecule has 5 nitrogen and oxygen atoms in total. The highest BCUT2D eigenvalue weighted by atomic mass is 32.1. The number of morpholine rings is 1. The lowest BCUT2D eigenvalue weighted by atomic mass is 10.1. The van der Waals surface area contributed by atoms with Crippen LogP contribution in [0.15, 0.2) is 0 Å². The van der Waals surface area contributed by atoms with E-state index >= 15 is 0 Å². The third-order valence-corrected chi connectivity index (χ3v) is 5.86. The Hall–Kier alpha value is -1.42. The van der Waals surface area contributed by atoms with Gasteiger partial charge in [0.25, 0.3) is 0 Å². The fourth-order valence-electron chi connectivity index (χ4n) is 3.33. The number of aryl methyl sites for hydroxylation is 1. The van der Waals surface area contributed by atoms with Gasteiger partial charge in [0.2, 0.25) is 5.91 Å². The molecule has 1 aliphatic carbocycles. The van der Waals surface area contributed by atoms with Crippen LogP contribution < -0.4 is 5.32 Å². The summed E-state index contributed by atoms with van der Waals surface area (Å²) in [5, 5.41) is 13.1. The molecule has 3 rings (SSSR count). The van der Waals surface area contributed by atoms with Crippen LogP contribution in [-0.2, 0) is 22.4 Å². The third kappa shape index (κ3) is 3.57. The average molecular weight is 333 g/mol. The summed E-state index contributed by atoms with van der Waals surface area (Å²) in [6, 6.07) is 2.61. The lowest BCUT2D eigenvalue weighted by Gasteiger charge is -2.36. The van der Waals surface area contributed by atoms with E-state index in [0.717, 1.165) is 49.5 Å². The summed E-state index contributed by atoms with van der Waals surface area (Å²) in [6.45, 7) is 6.50. The van der Waals surface area contributed by atoms with Crippen molar-refractivity contribution >= 4 is 22.2 Å². The number of anilines is 1. The Morgan fingerprint density at radius 2 is 2.30 bits per heavy atom. The normalized spacial score (nSPS) is 24.2. The molecule has 124 valence electrons. The molecule has 2 aliphatic rings.